The van der Waals surface area contributed by atoms with Crippen molar-refractivity contribution in [1.29, 1.82) is 0 Å². The van der Waals surface area contributed by atoms with Crippen LogP contribution in [-0.4, -0.2) is 12.5 Å². The molecule has 4 N–H and O–H groups in total. The summed E-state index contributed by atoms with van der Waals surface area (Å²) < 4.78 is 5.48. The van der Waals surface area contributed by atoms with Gasteiger partial charge in [0.1, 0.15) is 5.75 Å². The predicted octanol–water partition coefficient (Wildman–Crippen LogP) is 1.28. The smallest absolute Gasteiger partial charge is 0.220 e. The van der Waals surface area contributed by atoms with Gasteiger partial charge in [-0.25, -0.2) is 0 Å². The van der Waals surface area contributed by atoms with Gasteiger partial charge in [-0.1, -0.05) is 6.07 Å². The molecule has 4 heteroatoms. The Balaban J connectivity index is 2.03. The van der Waals surface area contributed by atoms with Gasteiger partial charge in [-0.3, -0.25) is 4.79 Å². The number of benzene rings is 1. The van der Waals surface area contributed by atoms with Crippen LogP contribution in [0.3, 0.4) is 0 Å². The maximum absolute atomic E-state index is 10.6. The summed E-state index contributed by atoms with van der Waals surface area (Å²) in [4.78, 5) is 10.6. The van der Waals surface area contributed by atoms with E-state index in [2.05, 4.69) is 0 Å². The van der Waals surface area contributed by atoms with Crippen LogP contribution in [0, 0.1) is 0 Å². The Hall–Kier alpha value is -1.55. The highest BCUT2D eigenvalue weighted by atomic mass is 16.5. The summed E-state index contributed by atoms with van der Waals surface area (Å²) in [7, 11) is 0. The van der Waals surface area contributed by atoms with E-state index in [-0.39, 0.29) is 18.4 Å². The number of amides is 1. The summed E-state index contributed by atoms with van der Waals surface area (Å²) in [5.41, 5.74) is 13.6. The number of ether oxygens (including phenoxy) is 1. The zero-order valence-electron chi connectivity index (χ0n) is 9.82. The summed E-state index contributed by atoms with van der Waals surface area (Å²) in [6, 6.07) is 6.11. The highest BCUT2D eigenvalue weighted by Gasteiger charge is 2.16. The van der Waals surface area contributed by atoms with Crippen molar-refractivity contribution < 1.29 is 9.53 Å². The summed E-state index contributed by atoms with van der Waals surface area (Å²) in [5, 5.41) is 0. The minimum absolute atomic E-state index is 0.151. The fourth-order valence-corrected chi connectivity index (χ4v) is 2.19. The first-order valence-corrected chi connectivity index (χ1v) is 5.96. The molecule has 1 amide bonds. The van der Waals surface area contributed by atoms with Crippen molar-refractivity contribution >= 4 is 5.91 Å². The van der Waals surface area contributed by atoms with Crippen molar-refractivity contribution in [3.05, 3.63) is 29.3 Å². The van der Waals surface area contributed by atoms with Gasteiger partial charge in [0.15, 0.2) is 0 Å². The molecule has 0 saturated heterocycles. The third-order valence-corrected chi connectivity index (χ3v) is 3.09. The van der Waals surface area contributed by atoms with Crippen LogP contribution < -0.4 is 16.2 Å². The molecule has 92 valence electrons. The van der Waals surface area contributed by atoms with Gasteiger partial charge < -0.3 is 16.2 Å². The predicted molar refractivity (Wildman–Crippen MR) is 65.6 cm³/mol. The molecule has 0 aromatic heterocycles. The lowest BCUT2D eigenvalue weighted by atomic mass is 9.88. The summed E-state index contributed by atoms with van der Waals surface area (Å²) in [6.07, 6.45) is 3.47. The van der Waals surface area contributed by atoms with Gasteiger partial charge >= 0.3 is 0 Å². The SMILES string of the molecule is NC(=O)CCOc1ccc2c(c1)CCCC2N. The third-order valence-electron chi connectivity index (χ3n) is 3.09. The maximum Gasteiger partial charge on any atom is 0.220 e. The second-order valence-electron chi connectivity index (χ2n) is 4.42. The number of aryl methyl sites for hydroxylation is 1. The van der Waals surface area contributed by atoms with Crippen LogP contribution in [0.25, 0.3) is 0 Å². The van der Waals surface area contributed by atoms with Crippen molar-refractivity contribution in [3.8, 4) is 5.75 Å². The molecule has 1 unspecified atom stereocenters. The standard InChI is InChI=1S/C13H18N2O2/c14-12-3-1-2-9-8-10(4-5-11(9)12)17-7-6-13(15)16/h4-5,8,12H,1-3,6-7,14H2,(H2,15,16). The van der Waals surface area contributed by atoms with E-state index in [0.717, 1.165) is 25.0 Å². The maximum atomic E-state index is 10.6. The van der Waals surface area contributed by atoms with Crippen molar-refractivity contribution in [2.45, 2.75) is 31.7 Å². The Labute approximate surface area is 101 Å². The fraction of sp³-hybridized carbons (Fsp3) is 0.462. The Morgan fingerprint density at radius 2 is 2.29 bits per heavy atom. The van der Waals surface area contributed by atoms with E-state index in [1.807, 2.05) is 18.2 Å². The molecule has 1 aromatic rings. The Morgan fingerprint density at radius 3 is 3.06 bits per heavy atom. The van der Waals surface area contributed by atoms with E-state index >= 15 is 0 Å². The Bertz CT molecular complexity index is 418. The first-order valence-electron chi connectivity index (χ1n) is 5.96. The molecule has 0 heterocycles. The molecule has 0 fully saturated rings. The van der Waals surface area contributed by atoms with Crippen LogP contribution in [0.4, 0.5) is 0 Å². The van der Waals surface area contributed by atoms with Crippen molar-refractivity contribution in [2.75, 3.05) is 6.61 Å². The fourth-order valence-electron chi connectivity index (χ4n) is 2.19. The lowest BCUT2D eigenvalue weighted by Crippen LogP contribution is -2.17. The van der Waals surface area contributed by atoms with Crippen LogP contribution in [0.5, 0.6) is 5.75 Å². The lowest BCUT2D eigenvalue weighted by Gasteiger charge is -2.22. The zero-order valence-corrected chi connectivity index (χ0v) is 9.82. The molecule has 1 aliphatic rings. The second kappa shape index (κ2) is 5.19. The van der Waals surface area contributed by atoms with E-state index in [1.54, 1.807) is 0 Å². The monoisotopic (exact) mass is 234 g/mol. The van der Waals surface area contributed by atoms with E-state index in [0.29, 0.717) is 6.61 Å². The molecular formula is C13H18N2O2. The Kier molecular flexibility index (Phi) is 3.64. The molecule has 1 aromatic carbocycles. The van der Waals surface area contributed by atoms with Gasteiger partial charge in [-0.05, 0) is 42.5 Å². The third kappa shape index (κ3) is 2.97. The topological polar surface area (TPSA) is 78.3 Å². The first kappa shape index (κ1) is 11.9. The molecule has 0 spiro atoms. The minimum Gasteiger partial charge on any atom is -0.493 e. The Morgan fingerprint density at radius 1 is 1.47 bits per heavy atom. The molecule has 17 heavy (non-hydrogen) atoms. The molecule has 0 aliphatic heterocycles. The van der Waals surface area contributed by atoms with Crippen molar-refractivity contribution in [1.82, 2.24) is 0 Å². The van der Waals surface area contributed by atoms with E-state index in [9.17, 15) is 4.79 Å². The highest BCUT2D eigenvalue weighted by Crippen LogP contribution is 2.30. The van der Waals surface area contributed by atoms with E-state index in [1.165, 1.54) is 11.1 Å². The normalized spacial score (nSPS) is 18.5. The largest absolute Gasteiger partial charge is 0.493 e. The number of rotatable bonds is 4. The molecule has 0 radical (unpaired) electrons. The van der Waals surface area contributed by atoms with E-state index < -0.39 is 0 Å². The lowest BCUT2D eigenvalue weighted by molar-refractivity contribution is -0.118. The highest BCUT2D eigenvalue weighted by molar-refractivity contribution is 5.73. The van der Waals surface area contributed by atoms with E-state index in [4.69, 9.17) is 16.2 Å². The van der Waals surface area contributed by atoms with Crippen LogP contribution in [0.1, 0.15) is 36.4 Å². The minimum atomic E-state index is -0.343. The zero-order chi connectivity index (χ0) is 12.3. The molecule has 2 rings (SSSR count). The van der Waals surface area contributed by atoms with Gasteiger partial charge in [0.2, 0.25) is 5.91 Å². The number of primary amides is 1. The van der Waals surface area contributed by atoms with Crippen LogP contribution in [-0.2, 0) is 11.2 Å². The molecule has 0 saturated carbocycles. The number of fused-ring (bicyclic) bond motifs is 1. The number of hydrogen-bond acceptors (Lipinski definition) is 3. The van der Waals surface area contributed by atoms with Crippen LogP contribution >= 0.6 is 0 Å². The second-order valence-corrected chi connectivity index (χ2v) is 4.42. The van der Waals surface area contributed by atoms with Gasteiger partial charge in [0.25, 0.3) is 0 Å². The summed E-state index contributed by atoms with van der Waals surface area (Å²) >= 11 is 0. The van der Waals surface area contributed by atoms with Crippen molar-refractivity contribution in [2.24, 2.45) is 11.5 Å². The summed E-state index contributed by atoms with van der Waals surface area (Å²) in [5.74, 6) is 0.448. The van der Waals surface area contributed by atoms with Gasteiger partial charge in [-0.2, -0.15) is 0 Å². The average Bonchev–Trinajstić information content (AvgIpc) is 2.29. The first-order chi connectivity index (χ1) is 8.16. The van der Waals surface area contributed by atoms with Crippen LogP contribution in [0.15, 0.2) is 18.2 Å². The molecular weight excluding hydrogens is 216 g/mol. The number of carbonyl (C=O) groups is 1. The van der Waals surface area contributed by atoms with Gasteiger partial charge in [0, 0.05) is 6.04 Å². The van der Waals surface area contributed by atoms with Gasteiger partial charge in [-0.15, -0.1) is 0 Å². The average molecular weight is 234 g/mol. The number of hydrogen-bond donors (Lipinski definition) is 2. The molecule has 4 nitrogen and oxygen atoms in total. The summed E-state index contributed by atoms with van der Waals surface area (Å²) in [6.45, 7) is 0.334. The number of carbonyl (C=O) groups excluding carboxylic acids is 1. The van der Waals surface area contributed by atoms with Crippen molar-refractivity contribution in [3.63, 3.8) is 0 Å². The number of nitrogens with two attached hydrogens (primary N) is 2. The molecule has 0 bridgehead atoms. The van der Waals surface area contributed by atoms with Gasteiger partial charge in [0.05, 0.1) is 13.0 Å². The molecule has 1 aliphatic carbocycles. The quantitative estimate of drug-likeness (QED) is 0.823. The molecule has 1 atom stereocenters. The van der Waals surface area contributed by atoms with Crippen LogP contribution in [0.2, 0.25) is 0 Å².